The molecule has 5 heteroatoms. The molecule has 0 aliphatic carbocycles. The molecule has 0 aliphatic heterocycles. The van der Waals surface area contributed by atoms with Crippen molar-refractivity contribution >= 4 is 5.91 Å². The highest BCUT2D eigenvalue weighted by Gasteiger charge is 2.24. The third-order valence-electron chi connectivity index (χ3n) is 2.75. The summed E-state index contributed by atoms with van der Waals surface area (Å²) in [7, 11) is 1.73. The first-order valence-electron chi connectivity index (χ1n) is 5.48. The second-order valence-corrected chi connectivity index (χ2v) is 4.26. The second-order valence-electron chi connectivity index (χ2n) is 4.26. The number of nitrogens with zero attached hydrogens (tertiary/aromatic N) is 2. The van der Waals surface area contributed by atoms with Crippen molar-refractivity contribution in [3.05, 3.63) is 18.2 Å². The van der Waals surface area contributed by atoms with Gasteiger partial charge in [0.2, 0.25) is 5.91 Å². The lowest BCUT2D eigenvalue weighted by Crippen LogP contribution is -2.45. The summed E-state index contributed by atoms with van der Waals surface area (Å²) in [5.74, 6) is 0.940. The van der Waals surface area contributed by atoms with Gasteiger partial charge in [-0.2, -0.15) is 0 Å². The number of primary amides is 1. The standard InChI is InChI=1S/C11H20N4O/c1-7(2)11-14-5-6-15(11)8(3)9(13-4)10(12)16/h5-9,13H,1-4H3,(H2,12,16). The number of rotatable bonds is 5. The van der Waals surface area contributed by atoms with Gasteiger partial charge in [-0.3, -0.25) is 4.79 Å². The molecule has 0 saturated heterocycles. The van der Waals surface area contributed by atoms with Crippen molar-refractivity contribution in [1.29, 1.82) is 0 Å². The van der Waals surface area contributed by atoms with Crippen LogP contribution in [0.2, 0.25) is 0 Å². The van der Waals surface area contributed by atoms with Crippen LogP contribution in [0.5, 0.6) is 0 Å². The fourth-order valence-electron chi connectivity index (χ4n) is 1.90. The van der Waals surface area contributed by atoms with E-state index in [9.17, 15) is 4.79 Å². The lowest BCUT2D eigenvalue weighted by atomic mass is 10.1. The van der Waals surface area contributed by atoms with Gasteiger partial charge in [0.1, 0.15) is 11.9 Å². The fourth-order valence-corrected chi connectivity index (χ4v) is 1.90. The Labute approximate surface area is 96.0 Å². The second kappa shape index (κ2) is 5.12. The predicted octanol–water partition coefficient (Wildman–Crippen LogP) is 0.641. The van der Waals surface area contributed by atoms with Crippen molar-refractivity contribution in [3.8, 4) is 0 Å². The highest BCUT2D eigenvalue weighted by Crippen LogP contribution is 2.19. The monoisotopic (exact) mass is 224 g/mol. The molecule has 0 saturated carbocycles. The number of hydrogen-bond donors (Lipinski definition) is 2. The van der Waals surface area contributed by atoms with Crippen molar-refractivity contribution in [2.75, 3.05) is 7.05 Å². The molecule has 2 atom stereocenters. The molecule has 1 aromatic heterocycles. The zero-order valence-electron chi connectivity index (χ0n) is 10.3. The maximum atomic E-state index is 11.3. The van der Waals surface area contributed by atoms with Gasteiger partial charge in [0.25, 0.3) is 0 Å². The summed E-state index contributed by atoms with van der Waals surface area (Å²) in [5.41, 5.74) is 5.35. The fraction of sp³-hybridized carbons (Fsp3) is 0.636. The molecule has 3 N–H and O–H groups in total. The van der Waals surface area contributed by atoms with Gasteiger partial charge in [0.15, 0.2) is 0 Å². The minimum Gasteiger partial charge on any atom is -0.368 e. The van der Waals surface area contributed by atoms with Crippen molar-refractivity contribution in [2.24, 2.45) is 5.73 Å². The summed E-state index contributed by atoms with van der Waals surface area (Å²) in [5, 5.41) is 2.93. The number of nitrogens with two attached hydrogens (primary N) is 1. The van der Waals surface area contributed by atoms with Gasteiger partial charge in [-0.05, 0) is 14.0 Å². The summed E-state index contributed by atoms with van der Waals surface area (Å²) < 4.78 is 2.00. The number of hydrogen-bond acceptors (Lipinski definition) is 3. The van der Waals surface area contributed by atoms with E-state index in [1.165, 1.54) is 0 Å². The van der Waals surface area contributed by atoms with Crippen LogP contribution in [0.1, 0.15) is 38.6 Å². The molecular weight excluding hydrogens is 204 g/mol. The number of aromatic nitrogens is 2. The van der Waals surface area contributed by atoms with Crippen LogP contribution in [-0.4, -0.2) is 28.5 Å². The molecule has 16 heavy (non-hydrogen) atoms. The maximum Gasteiger partial charge on any atom is 0.236 e. The lowest BCUT2D eigenvalue weighted by molar-refractivity contribution is -0.120. The van der Waals surface area contributed by atoms with Gasteiger partial charge >= 0.3 is 0 Å². The first-order valence-corrected chi connectivity index (χ1v) is 5.48. The van der Waals surface area contributed by atoms with Crippen LogP contribution >= 0.6 is 0 Å². The topological polar surface area (TPSA) is 72.9 Å². The molecule has 2 unspecified atom stereocenters. The molecular formula is C11H20N4O. The molecule has 0 radical (unpaired) electrons. The highest BCUT2D eigenvalue weighted by atomic mass is 16.1. The van der Waals surface area contributed by atoms with Crippen LogP contribution in [-0.2, 0) is 4.79 Å². The average molecular weight is 224 g/mol. The van der Waals surface area contributed by atoms with E-state index in [1.54, 1.807) is 13.2 Å². The van der Waals surface area contributed by atoms with Gasteiger partial charge in [-0.25, -0.2) is 4.98 Å². The van der Waals surface area contributed by atoms with E-state index in [-0.39, 0.29) is 18.0 Å². The molecule has 0 fully saturated rings. The molecule has 5 nitrogen and oxygen atoms in total. The maximum absolute atomic E-state index is 11.3. The molecule has 1 rings (SSSR count). The average Bonchev–Trinajstić information content (AvgIpc) is 2.65. The minimum atomic E-state index is -0.383. The van der Waals surface area contributed by atoms with Gasteiger partial charge < -0.3 is 15.6 Å². The van der Waals surface area contributed by atoms with Crippen LogP contribution in [0.15, 0.2) is 12.4 Å². The van der Waals surface area contributed by atoms with E-state index in [4.69, 9.17) is 5.73 Å². The normalized spacial score (nSPS) is 15.1. The van der Waals surface area contributed by atoms with Crippen LogP contribution in [0.3, 0.4) is 0 Å². The van der Waals surface area contributed by atoms with Crippen molar-refractivity contribution < 1.29 is 4.79 Å². The third kappa shape index (κ3) is 2.41. The van der Waals surface area contributed by atoms with Crippen LogP contribution in [0.25, 0.3) is 0 Å². The molecule has 0 aliphatic rings. The smallest absolute Gasteiger partial charge is 0.236 e. The summed E-state index contributed by atoms with van der Waals surface area (Å²) in [6.45, 7) is 6.11. The number of likely N-dealkylation sites (N-methyl/N-ethyl adjacent to an activating group) is 1. The van der Waals surface area contributed by atoms with Crippen LogP contribution in [0.4, 0.5) is 0 Å². The summed E-state index contributed by atoms with van der Waals surface area (Å²) in [6.07, 6.45) is 3.63. The van der Waals surface area contributed by atoms with Gasteiger partial charge in [0.05, 0.1) is 6.04 Å². The number of carbonyl (C=O) groups is 1. The van der Waals surface area contributed by atoms with Crippen LogP contribution < -0.4 is 11.1 Å². The Morgan fingerprint density at radius 2 is 2.12 bits per heavy atom. The number of nitrogens with one attached hydrogen (secondary N) is 1. The van der Waals surface area contributed by atoms with Crippen molar-refractivity contribution in [1.82, 2.24) is 14.9 Å². The first-order chi connectivity index (χ1) is 7.49. The molecule has 0 bridgehead atoms. The number of imidazole rings is 1. The Morgan fingerprint density at radius 3 is 2.56 bits per heavy atom. The van der Waals surface area contributed by atoms with Gasteiger partial charge in [-0.15, -0.1) is 0 Å². The molecule has 1 amide bonds. The quantitative estimate of drug-likeness (QED) is 0.771. The van der Waals surface area contributed by atoms with E-state index in [0.29, 0.717) is 5.92 Å². The summed E-state index contributed by atoms with van der Waals surface area (Å²) >= 11 is 0. The van der Waals surface area contributed by atoms with E-state index >= 15 is 0 Å². The van der Waals surface area contributed by atoms with Gasteiger partial charge in [-0.1, -0.05) is 13.8 Å². The first kappa shape index (κ1) is 12.7. The molecule has 90 valence electrons. The molecule has 1 aromatic rings. The molecule has 1 heterocycles. The van der Waals surface area contributed by atoms with E-state index in [1.807, 2.05) is 17.7 Å². The van der Waals surface area contributed by atoms with Crippen molar-refractivity contribution in [2.45, 2.75) is 38.8 Å². The van der Waals surface area contributed by atoms with Crippen molar-refractivity contribution in [3.63, 3.8) is 0 Å². The molecule has 0 spiro atoms. The Morgan fingerprint density at radius 1 is 1.50 bits per heavy atom. The van der Waals surface area contributed by atoms with E-state index < -0.39 is 0 Å². The van der Waals surface area contributed by atoms with Crippen LogP contribution in [0, 0.1) is 0 Å². The van der Waals surface area contributed by atoms with Gasteiger partial charge in [0, 0.05) is 18.3 Å². The zero-order chi connectivity index (χ0) is 12.3. The Hall–Kier alpha value is -1.36. The Balaban J connectivity index is 2.98. The number of carbonyl (C=O) groups excluding carboxylic acids is 1. The predicted molar refractivity (Wildman–Crippen MR) is 63.1 cm³/mol. The Kier molecular flexibility index (Phi) is 4.06. The molecule has 0 aromatic carbocycles. The highest BCUT2D eigenvalue weighted by molar-refractivity contribution is 5.80. The van der Waals surface area contributed by atoms with E-state index in [0.717, 1.165) is 5.82 Å². The summed E-state index contributed by atoms with van der Waals surface area (Å²) in [4.78, 5) is 15.6. The minimum absolute atomic E-state index is 0.0394. The van der Waals surface area contributed by atoms with E-state index in [2.05, 4.69) is 24.1 Å². The zero-order valence-corrected chi connectivity index (χ0v) is 10.3. The third-order valence-corrected chi connectivity index (χ3v) is 2.75. The lowest BCUT2D eigenvalue weighted by Gasteiger charge is -2.24. The largest absolute Gasteiger partial charge is 0.368 e. The number of amides is 1. The summed E-state index contributed by atoms with van der Waals surface area (Å²) in [6, 6.07) is -0.422. The Bertz CT molecular complexity index is 359. The SMILES string of the molecule is CNC(C(N)=O)C(C)n1ccnc1C(C)C.